The van der Waals surface area contributed by atoms with Crippen LogP contribution in [0.2, 0.25) is 5.02 Å². The molecule has 0 bridgehead atoms. The number of ether oxygens (including phenoxy) is 2. The standard InChI is InChI=1S/C26H29ClN2O5S/c1-4-33-22-11-8-21(9-12-22)29(35(31,32)24-13-5-19(2)6-14-24)18-26(30)28-15-16-34-23-10-7-20(3)25(27)17-23/h5-14,17H,4,15-16,18H2,1-3H3,(H,28,30). The molecule has 0 saturated carbocycles. The molecule has 3 aromatic rings. The molecule has 1 amide bonds. The lowest BCUT2D eigenvalue weighted by Gasteiger charge is -2.24. The van der Waals surface area contributed by atoms with E-state index in [2.05, 4.69) is 5.32 Å². The van der Waals surface area contributed by atoms with Crippen LogP contribution in [0.3, 0.4) is 0 Å². The summed E-state index contributed by atoms with van der Waals surface area (Å²) >= 11 is 6.10. The van der Waals surface area contributed by atoms with Crippen LogP contribution in [0, 0.1) is 13.8 Å². The Hall–Kier alpha value is -3.23. The van der Waals surface area contributed by atoms with Crippen LogP contribution in [0.25, 0.3) is 0 Å². The zero-order valence-corrected chi connectivity index (χ0v) is 21.5. The van der Waals surface area contributed by atoms with Crippen LogP contribution in [0.5, 0.6) is 11.5 Å². The lowest BCUT2D eigenvalue weighted by Crippen LogP contribution is -2.41. The van der Waals surface area contributed by atoms with Gasteiger partial charge in [-0.3, -0.25) is 9.10 Å². The Morgan fingerprint density at radius 1 is 0.943 bits per heavy atom. The molecular formula is C26H29ClN2O5S. The van der Waals surface area contributed by atoms with Gasteiger partial charge in [0.25, 0.3) is 10.0 Å². The second kappa shape index (κ2) is 12.0. The van der Waals surface area contributed by atoms with Gasteiger partial charge in [0.15, 0.2) is 0 Å². The molecule has 0 atom stereocenters. The van der Waals surface area contributed by atoms with Crippen LogP contribution in [0.15, 0.2) is 71.6 Å². The van der Waals surface area contributed by atoms with E-state index in [0.717, 1.165) is 15.4 Å². The van der Waals surface area contributed by atoms with Crippen molar-refractivity contribution in [2.24, 2.45) is 0 Å². The van der Waals surface area contributed by atoms with Gasteiger partial charge in [0.2, 0.25) is 5.91 Å². The topological polar surface area (TPSA) is 84.9 Å². The SMILES string of the molecule is CCOc1ccc(N(CC(=O)NCCOc2ccc(C)c(Cl)c2)S(=O)(=O)c2ccc(C)cc2)cc1. The predicted molar refractivity (Wildman–Crippen MR) is 138 cm³/mol. The van der Waals surface area contributed by atoms with E-state index < -0.39 is 15.9 Å². The third-order valence-electron chi connectivity index (χ3n) is 5.17. The smallest absolute Gasteiger partial charge is 0.264 e. The number of carbonyl (C=O) groups is 1. The summed E-state index contributed by atoms with van der Waals surface area (Å²) in [6.45, 7) is 6.15. The van der Waals surface area contributed by atoms with Gasteiger partial charge in [-0.15, -0.1) is 0 Å². The first-order valence-corrected chi connectivity index (χ1v) is 13.0. The van der Waals surface area contributed by atoms with Crippen LogP contribution in [0.1, 0.15) is 18.1 Å². The van der Waals surface area contributed by atoms with Gasteiger partial charge in [0.05, 0.1) is 23.7 Å². The molecule has 0 radical (unpaired) electrons. The van der Waals surface area contributed by atoms with Crippen LogP contribution < -0.4 is 19.1 Å². The van der Waals surface area contributed by atoms with E-state index in [1.165, 1.54) is 12.1 Å². The summed E-state index contributed by atoms with van der Waals surface area (Å²) in [5.74, 6) is 0.745. The summed E-state index contributed by atoms with van der Waals surface area (Å²) in [6.07, 6.45) is 0. The fourth-order valence-corrected chi connectivity index (χ4v) is 4.83. The summed E-state index contributed by atoms with van der Waals surface area (Å²) in [6, 6.07) is 18.4. The molecule has 0 fully saturated rings. The molecule has 9 heteroatoms. The van der Waals surface area contributed by atoms with E-state index in [9.17, 15) is 13.2 Å². The fraction of sp³-hybridized carbons (Fsp3) is 0.269. The molecule has 7 nitrogen and oxygen atoms in total. The van der Waals surface area contributed by atoms with Crippen molar-refractivity contribution in [3.63, 3.8) is 0 Å². The average molecular weight is 517 g/mol. The van der Waals surface area contributed by atoms with E-state index in [1.54, 1.807) is 48.5 Å². The first-order chi connectivity index (χ1) is 16.7. The highest BCUT2D eigenvalue weighted by Gasteiger charge is 2.27. The Balaban J connectivity index is 1.71. The third kappa shape index (κ3) is 7.13. The number of benzene rings is 3. The number of nitrogens with zero attached hydrogens (tertiary/aromatic N) is 1. The predicted octanol–water partition coefficient (Wildman–Crippen LogP) is 4.75. The van der Waals surface area contributed by atoms with Crippen LogP contribution in [-0.4, -0.2) is 40.6 Å². The van der Waals surface area contributed by atoms with Crippen molar-refractivity contribution in [3.8, 4) is 11.5 Å². The summed E-state index contributed by atoms with van der Waals surface area (Å²) in [7, 11) is -3.99. The van der Waals surface area contributed by atoms with Crippen molar-refractivity contribution in [2.75, 3.05) is 30.6 Å². The number of sulfonamides is 1. The summed E-state index contributed by atoms with van der Waals surface area (Å²) in [4.78, 5) is 12.8. The number of rotatable bonds is 11. The normalized spacial score (nSPS) is 11.1. The maximum atomic E-state index is 13.4. The number of nitrogens with one attached hydrogen (secondary N) is 1. The highest BCUT2D eigenvalue weighted by Crippen LogP contribution is 2.26. The Labute approximate surface area is 211 Å². The molecule has 0 saturated heterocycles. The van der Waals surface area contributed by atoms with Gasteiger partial charge in [0.1, 0.15) is 24.7 Å². The van der Waals surface area contributed by atoms with Gasteiger partial charge in [-0.05, 0) is 74.9 Å². The van der Waals surface area contributed by atoms with Crippen molar-refractivity contribution in [2.45, 2.75) is 25.7 Å². The number of halogens is 1. The lowest BCUT2D eigenvalue weighted by atomic mass is 10.2. The van der Waals surface area contributed by atoms with Crippen LogP contribution in [0.4, 0.5) is 5.69 Å². The second-order valence-electron chi connectivity index (χ2n) is 7.86. The minimum atomic E-state index is -3.99. The van der Waals surface area contributed by atoms with Crippen molar-refractivity contribution in [3.05, 3.63) is 82.9 Å². The first-order valence-electron chi connectivity index (χ1n) is 11.2. The van der Waals surface area contributed by atoms with Gasteiger partial charge in [-0.2, -0.15) is 0 Å². The van der Waals surface area contributed by atoms with Crippen LogP contribution in [-0.2, 0) is 14.8 Å². The maximum Gasteiger partial charge on any atom is 0.264 e. The largest absolute Gasteiger partial charge is 0.494 e. The molecule has 35 heavy (non-hydrogen) atoms. The van der Waals surface area contributed by atoms with Crippen molar-refractivity contribution in [1.82, 2.24) is 5.32 Å². The van der Waals surface area contributed by atoms with Gasteiger partial charge < -0.3 is 14.8 Å². The number of amides is 1. The Bertz CT molecular complexity index is 1250. The van der Waals surface area contributed by atoms with Gasteiger partial charge in [0, 0.05) is 5.02 Å². The average Bonchev–Trinajstić information content (AvgIpc) is 2.83. The molecule has 0 aliphatic rings. The molecule has 0 unspecified atom stereocenters. The first kappa shape index (κ1) is 26.4. The minimum absolute atomic E-state index is 0.101. The minimum Gasteiger partial charge on any atom is -0.494 e. The van der Waals surface area contributed by atoms with Crippen molar-refractivity contribution >= 4 is 33.2 Å². The highest BCUT2D eigenvalue weighted by atomic mass is 35.5. The quantitative estimate of drug-likeness (QED) is 0.372. The number of hydrogen-bond acceptors (Lipinski definition) is 5. The lowest BCUT2D eigenvalue weighted by molar-refractivity contribution is -0.119. The monoisotopic (exact) mass is 516 g/mol. The molecule has 1 N–H and O–H groups in total. The van der Waals surface area contributed by atoms with E-state index in [-0.39, 0.29) is 24.6 Å². The van der Waals surface area contributed by atoms with E-state index in [4.69, 9.17) is 21.1 Å². The summed E-state index contributed by atoms with van der Waals surface area (Å²) in [5.41, 5.74) is 2.23. The molecule has 3 rings (SSSR count). The number of carbonyl (C=O) groups excluding carboxylic acids is 1. The zero-order valence-electron chi connectivity index (χ0n) is 20.0. The molecule has 0 heterocycles. The van der Waals surface area contributed by atoms with Crippen molar-refractivity contribution in [1.29, 1.82) is 0 Å². The van der Waals surface area contributed by atoms with E-state index >= 15 is 0 Å². The Morgan fingerprint density at radius 2 is 1.60 bits per heavy atom. The number of hydrogen-bond donors (Lipinski definition) is 1. The molecule has 0 aromatic heterocycles. The molecule has 186 valence electrons. The van der Waals surface area contributed by atoms with Crippen molar-refractivity contribution < 1.29 is 22.7 Å². The van der Waals surface area contributed by atoms with E-state index in [1.807, 2.05) is 26.8 Å². The summed E-state index contributed by atoms with van der Waals surface area (Å²) < 4.78 is 39.0. The Morgan fingerprint density at radius 3 is 2.23 bits per heavy atom. The molecule has 0 aliphatic carbocycles. The zero-order chi connectivity index (χ0) is 25.4. The van der Waals surface area contributed by atoms with E-state index in [0.29, 0.717) is 28.8 Å². The highest BCUT2D eigenvalue weighted by molar-refractivity contribution is 7.92. The van der Waals surface area contributed by atoms with Gasteiger partial charge >= 0.3 is 0 Å². The summed E-state index contributed by atoms with van der Waals surface area (Å²) in [5, 5.41) is 3.31. The molecule has 0 aliphatic heterocycles. The van der Waals surface area contributed by atoms with Gasteiger partial charge in [-0.25, -0.2) is 8.42 Å². The molecular weight excluding hydrogens is 488 g/mol. The molecule has 0 spiro atoms. The second-order valence-corrected chi connectivity index (χ2v) is 10.1. The Kier molecular flexibility index (Phi) is 9.01. The number of aryl methyl sites for hydroxylation is 2. The maximum absolute atomic E-state index is 13.4. The third-order valence-corrected chi connectivity index (χ3v) is 7.36. The molecule has 3 aromatic carbocycles. The fourth-order valence-electron chi connectivity index (χ4n) is 3.24. The van der Waals surface area contributed by atoms with Crippen LogP contribution >= 0.6 is 11.6 Å². The van der Waals surface area contributed by atoms with Gasteiger partial charge in [-0.1, -0.05) is 35.4 Å². The number of anilines is 1.